The number of hydrogen-bond donors (Lipinski definition) is 1. The van der Waals surface area contributed by atoms with Crippen LogP contribution in [-0.4, -0.2) is 28.0 Å². The first-order valence-corrected chi connectivity index (χ1v) is 7.44. The molecule has 1 N–H and O–H groups in total. The Morgan fingerprint density at radius 2 is 2.05 bits per heavy atom. The highest BCUT2D eigenvalue weighted by molar-refractivity contribution is 7.23. The zero-order chi connectivity index (χ0) is 14.3. The van der Waals surface area contributed by atoms with Crippen LogP contribution in [0.3, 0.4) is 0 Å². The molecule has 20 heavy (non-hydrogen) atoms. The van der Waals surface area contributed by atoms with Crippen molar-refractivity contribution in [1.82, 2.24) is 14.6 Å². The fourth-order valence-corrected chi connectivity index (χ4v) is 2.91. The quantitative estimate of drug-likeness (QED) is 0.731. The van der Waals surface area contributed by atoms with E-state index in [1.807, 2.05) is 10.6 Å². The maximum Gasteiger partial charge on any atom is 0.158 e. The summed E-state index contributed by atoms with van der Waals surface area (Å²) >= 11 is 1.76. The summed E-state index contributed by atoms with van der Waals surface area (Å²) in [6.45, 7) is 6.41. The van der Waals surface area contributed by atoms with Crippen molar-refractivity contribution in [3.8, 4) is 10.6 Å². The highest BCUT2D eigenvalue weighted by Gasteiger charge is 2.15. The van der Waals surface area contributed by atoms with Crippen molar-refractivity contribution in [2.24, 2.45) is 0 Å². The summed E-state index contributed by atoms with van der Waals surface area (Å²) < 4.78 is 3.13. The van der Waals surface area contributed by atoms with Crippen LogP contribution in [0.5, 0.6) is 0 Å². The number of aromatic nitrogens is 3. The molecule has 6 heteroatoms. The van der Waals surface area contributed by atoms with Crippen LogP contribution in [-0.2, 0) is 0 Å². The van der Waals surface area contributed by atoms with Crippen LogP contribution in [0.2, 0.25) is 0 Å². The number of fused-ring (bicyclic) bond motifs is 1. The van der Waals surface area contributed by atoms with Gasteiger partial charge in [-0.1, -0.05) is 6.07 Å². The van der Waals surface area contributed by atoms with E-state index in [1.165, 1.54) is 9.65 Å². The molecule has 3 aromatic heterocycles. The van der Waals surface area contributed by atoms with E-state index >= 15 is 0 Å². The second-order valence-corrected chi connectivity index (χ2v) is 7.20. The summed E-state index contributed by atoms with van der Waals surface area (Å²) in [5, 5.41) is 7.83. The number of nitrogens with one attached hydrogen (secondary N) is 1. The van der Waals surface area contributed by atoms with Crippen LogP contribution in [0.25, 0.3) is 16.2 Å². The number of rotatable bonds is 2. The molecule has 4 nitrogen and oxygen atoms in total. The van der Waals surface area contributed by atoms with Gasteiger partial charge in [-0.3, -0.25) is 0 Å². The van der Waals surface area contributed by atoms with Crippen LogP contribution in [0.15, 0.2) is 30.5 Å². The Labute approximate surface area is 123 Å². The Balaban J connectivity index is 2.15. The molecule has 0 amide bonds. The Morgan fingerprint density at radius 1 is 1.25 bits per heavy atom. The Morgan fingerprint density at radius 3 is 2.70 bits per heavy atom. The van der Waals surface area contributed by atoms with Crippen molar-refractivity contribution in [1.29, 1.82) is 0 Å². The standard InChI is InChI=1S/C14H17BN4S/c1-14(2,3)18-13-8-9(10-4-5-11(15)20-10)17-12-6-7-16-19(12)13/h4-8,18H,15H2,1-3H3. The van der Waals surface area contributed by atoms with Crippen molar-refractivity contribution >= 4 is 35.4 Å². The monoisotopic (exact) mass is 284 g/mol. The van der Waals surface area contributed by atoms with Gasteiger partial charge in [0.15, 0.2) is 13.5 Å². The Kier molecular flexibility index (Phi) is 3.05. The fourth-order valence-electron chi connectivity index (χ4n) is 2.08. The van der Waals surface area contributed by atoms with Crippen LogP contribution in [0, 0.1) is 0 Å². The molecule has 102 valence electrons. The highest BCUT2D eigenvalue weighted by atomic mass is 32.1. The van der Waals surface area contributed by atoms with Gasteiger partial charge in [0.2, 0.25) is 0 Å². The predicted octanol–water partition coefficient (Wildman–Crippen LogP) is 1.93. The van der Waals surface area contributed by atoms with E-state index in [0.29, 0.717) is 0 Å². The minimum absolute atomic E-state index is 0.0249. The van der Waals surface area contributed by atoms with E-state index in [-0.39, 0.29) is 5.54 Å². The SMILES string of the molecule is Bc1ccc(-c2cc(NC(C)(C)C)n3nccc3n2)s1. The van der Waals surface area contributed by atoms with E-state index < -0.39 is 0 Å². The number of thiophene rings is 1. The van der Waals surface area contributed by atoms with Gasteiger partial charge in [-0.2, -0.15) is 9.61 Å². The Bertz CT molecular complexity index is 754. The van der Waals surface area contributed by atoms with Crippen molar-refractivity contribution < 1.29 is 0 Å². The van der Waals surface area contributed by atoms with Crippen LogP contribution < -0.4 is 10.1 Å². The zero-order valence-electron chi connectivity index (χ0n) is 12.1. The van der Waals surface area contributed by atoms with Gasteiger partial charge in [-0.05, 0) is 31.6 Å². The van der Waals surface area contributed by atoms with E-state index in [4.69, 9.17) is 0 Å². The molecule has 0 aliphatic rings. The van der Waals surface area contributed by atoms with Crippen molar-refractivity contribution in [2.75, 3.05) is 5.32 Å². The van der Waals surface area contributed by atoms with Gasteiger partial charge in [0.25, 0.3) is 0 Å². The molecule has 0 aromatic carbocycles. The molecule has 0 saturated heterocycles. The first-order chi connectivity index (χ1) is 9.42. The van der Waals surface area contributed by atoms with Crippen LogP contribution in [0.4, 0.5) is 5.82 Å². The second-order valence-electron chi connectivity index (χ2n) is 5.91. The maximum atomic E-state index is 4.68. The molecule has 0 radical (unpaired) electrons. The third-order valence-corrected chi connectivity index (χ3v) is 3.88. The van der Waals surface area contributed by atoms with Gasteiger partial charge >= 0.3 is 0 Å². The molecule has 0 atom stereocenters. The first-order valence-electron chi connectivity index (χ1n) is 6.62. The molecule has 0 unspecified atom stereocenters. The summed E-state index contributed by atoms with van der Waals surface area (Å²) in [7, 11) is 2.11. The molecular formula is C14H17BN4S. The lowest BCUT2D eigenvalue weighted by Gasteiger charge is -2.22. The van der Waals surface area contributed by atoms with Crippen molar-refractivity contribution in [3.63, 3.8) is 0 Å². The summed E-state index contributed by atoms with van der Waals surface area (Å²) in [5.41, 5.74) is 1.83. The van der Waals surface area contributed by atoms with Crippen molar-refractivity contribution in [2.45, 2.75) is 26.3 Å². The Hall–Kier alpha value is -1.82. The normalized spacial score (nSPS) is 11.9. The molecule has 0 aliphatic carbocycles. The van der Waals surface area contributed by atoms with Gasteiger partial charge in [0.05, 0.1) is 16.8 Å². The average Bonchev–Trinajstić information content (AvgIpc) is 2.95. The fraction of sp³-hybridized carbons (Fsp3) is 0.286. The number of anilines is 1. The summed E-state index contributed by atoms with van der Waals surface area (Å²) in [5.74, 6) is 0.966. The average molecular weight is 284 g/mol. The van der Waals surface area contributed by atoms with Gasteiger partial charge in [-0.15, -0.1) is 11.3 Å². The summed E-state index contributed by atoms with van der Waals surface area (Å²) in [6, 6.07) is 8.24. The molecule has 0 aliphatic heterocycles. The van der Waals surface area contributed by atoms with Crippen LogP contribution >= 0.6 is 11.3 Å². The summed E-state index contributed by atoms with van der Waals surface area (Å²) in [6.07, 6.45) is 1.78. The van der Waals surface area contributed by atoms with Gasteiger partial charge in [0.1, 0.15) is 5.82 Å². The van der Waals surface area contributed by atoms with Gasteiger partial charge in [-0.25, -0.2) is 4.98 Å². The number of hydrogen-bond acceptors (Lipinski definition) is 4. The third-order valence-electron chi connectivity index (χ3n) is 2.86. The second kappa shape index (κ2) is 4.63. The lowest BCUT2D eigenvalue weighted by atomic mass is 10.1. The molecule has 3 heterocycles. The highest BCUT2D eigenvalue weighted by Crippen LogP contribution is 2.26. The van der Waals surface area contributed by atoms with E-state index in [0.717, 1.165) is 17.2 Å². The minimum atomic E-state index is -0.0249. The maximum absolute atomic E-state index is 4.68. The number of nitrogens with zero attached hydrogens (tertiary/aromatic N) is 3. The van der Waals surface area contributed by atoms with E-state index in [2.05, 4.69) is 62.2 Å². The molecular weight excluding hydrogens is 267 g/mol. The van der Waals surface area contributed by atoms with Gasteiger partial charge < -0.3 is 5.32 Å². The predicted molar refractivity (Wildman–Crippen MR) is 87.9 cm³/mol. The molecule has 0 fully saturated rings. The zero-order valence-corrected chi connectivity index (χ0v) is 13.0. The lowest BCUT2D eigenvalue weighted by molar-refractivity contribution is 0.625. The molecule has 3 aromatic rings. The summed E-state index contributed by atoms with van der Waals surface area (Å²) in [4.78, 5) is 5.86. The first kappa shape index (κ1) is 13.2. The van der Waals surface area contributed by atoms with Crippen molar-refractivity contribution in [3.05, 3.63) is 30.5 Å². The van der Waals surface area contributed by atoms with Gasteiger partial charge in [0, 0.05) is 17.7 Å². The topological polar surface area (TPSA) is 42.2 Å². The lowest BCUT2D eigenvalue weighted by Crippen LogP contribution is -2.27. The molecule has 0 bridgehead atoms. The third kappa shape index (κ3) is 2.56. The smallest absolute Gasteiger partial charge is 0.158 e. The molecule has 0 saturated carbocycles. The van der Waals surface area contributed by atoms with E-state index in [1.54, 1.807) is 17.5 Å². The molecule has 0 spiro atoms. The van der Waals surface area contributed by atoms with E-state index in [9.17, 15) is 0 Å². The van der Waals surface area contributed by atoms with Crippen LogP contribution in [0.1, 0.15) is 20.8 Å². The molecule has 3 rings (SSSR count). The minimum Gasteiger partial charge on any atom is -0.365 e. The largest absolute Gasteiger partial charge is 0.365 e.